The molecule has 79 heavy (non-hydrogen) atoms. The number of carbonyl (C=O) groups excluding carboxylic acids is 1. The minimum atomic E-state index is -1.57. The minimum absolute atomic E-state index is 0.183. The number of nitrogens with one attached hydrogen (secondary N) is 1. The lowest BCUT2D eigenvalue weighted by Gasteiger charge is -2.40. The van der Waals surface area contributed by atoms with Gasteiger partial charge in [-0.2, -0.15) is 0 Å². The number of ether oxygens (including phenoxy) is 2. The number of amides is 1. The third kappa shape index (κ3) is 48.5. The third-order valence-electron chi connectivity index (χ3n) is 16.7. The summed E-state index contributed by atoms with van der Waals surface area (Å²) in [6.45, 7) is 3.81. The van der Waals surface area contributed by atoms with E-state index in [-0.39, 0.29) is 12.5 Å². The summed E-state index contributed by atoms with van der Waals surface area (Å²) in [4.78, 5) is 13.1. The van der Waals surface area contributed by atoms with Gasteiger partial charge in [0.15, 0.2) is 6.29 Å². The van der Waals surface area contributed by atoms with Crippen LogP contribution in [-0.4, -0.2) is 87.5 Å². The topological polar surface area (TPSA) is 149 Å². The highest BCUT2D eigenvalue weighted by Gasteiger charge is 2.44. The molecule has 1 fully saturated rings. The Labute approximate surface area is 489 Å². The Bertz CT molecular complexity index is 1340. The summed E-state index contributed by atoms with van der Waals surface area (Å²) in [5.41, 5.74) is 0. The molecule has 7 atom stereocenters. The summed E-state index contributed by atoms with van der Waals surface area (Å²) in [6, 6.07) is -0.828. The number of aliphatic hydroxyl groups excluding tert-OH is 5. The fourth-order valence-electron chi connectivity index (χ4n) is 11.3. The number of carbonyl (C=O) groups is 1. The molecule has 0 aromatic heterocycles. The van der Waals surface area contributed by atoms with Crippen LogP contribution in [-0.2, 0) is 14.3 Å². The Morgan fingerprint density at radius 1 is 0.418 bits per heavy atom. The van der Waals surface area contributed by atoms with Gasteiger partial charge in [-0.25, -0.2) is 0 Å². The lowest BCUT2D eigenvalue weighted by atomic mass is 9.99. The zero-order valence-corrected chi connectivity index (χ0v) is 52.2. The van der Waals surface area contributed by atoms with E-state index in [4.69, 9.17) is 9.47 Å². The molecule has 1 aliphatic heterocycles. The fraction of sp³-hybridized carbons (Fsp3) is 0.900. The van der Waals surface area contributed by atoms with Crippen molar-refractivity contribution in [2.75, 3.05) is 13.2 Å². The molecule has 1 saturated heterocycles. The first-order chi connectivity index (χ1) is 38.8. The van der Waals surface area contributed by atoms with E-state index in [2.05, 4.69) is 43.5 Å². The van der Waals surface area contributed by atoms with Crippen molar-refractivity contribution in [2.45, 2.75) is 391 Å². The van der Waals surface area contributed by atoms with Crippen molar-refractivity contribution in [3.63, 3.8) is 0 Å². The molecule has 9 heteroatoms. The van der Waals surface area contributed by atoms with Gasteiger partial charge >= 0.3 is 0 Å². The SMILES string of the molecule is CCCCCCCCCCCCCCCCCCCCCC/C=C/CC/C=C/CC/C=C/C(O)C(COC1OC(CO)C(O)C(O)C1O)NC(=O)CCCCCCCCCCCCCCCCCCCCCCCCCCCC. The summed E-state index contributed by atoms with van der Waals surface area (Å²) in [7, 11) is 0. The van der Waals surface area contributed by atoms with Crippen LogP contribution >= 0.6 is 0 Å². The van der Waals surface area contributed by atoms with Crippen molar-refractivity contribution in [2.24, 2.45) is 0 Å². The number of aliphatic hydroxyl groups is 5. The molecular formula is C70H133NO8. The van der Waals surface area contributed by atoms with E-state index in [0.717, 1.165) is 44.9 Å². The molecule has 0 bridgehead atoms. The molecule has 1 heterocycles. The van der Waals surface area contributed by atoms with Crippen LogP contribution in [0.25, 0.3) is 0 Å². The lowest BCUT2D eigenvalue weighted by Crippen LogP contribution is -2.60. The maximum Gasteiger partial charge on any atom is 0.220 e. The Morgan fingerprint density at radius 3 is 1.06 bits per heavy atom. The van der Waals surface area contributed by atoms with Crippen LogP contribution in [0, 0.1) is 0 Å². The van der Waals surface area contributed by atoms with Gasteiger partial charge in [0, 0.05) is 6.42 Å². The third-order valence-corrected chi connectivity index (χ3v) is 16.7. The first-order valence-corrected chi connectivity index (χ1v) is 34.7. The lowest BCUT2D eigenvalue weighted by molar-refractivity contribution is -0.302. The van der Waals surface area contributed by atoms with Crippen LogP contribution in [0.15, 0.2) is 36.5 Å². The maximum atomic E-state index is 13.1. The Hall–Kier alpha value is -1.59. The van der Waals surface area contributed by atoms with Gasteiger partial charge in [-0.1, -0.05) is 333 Å². The molecule has 1 rings (SSSR count). The minimum Gasteiger partial charge on any atom is -0.394 e. The van der Waals surface area contributed by atoms with E-state index < -0.39 is 49.5 Å². The van der Waals surface area contributed by atoms with Crippen molar-refractivity contribution in [1.82, 2.24) is 5.32 Å². The van der Waals surface area contributed by atoms with Crippen molar-refractivity contribution in [3.8, 4) is 0 Å². The Morgan fingerprint density at radius 2 is 0.722 bits per heavy atom. The van der Waals surface area contributed by atoms with Crippen LogP contribution in [0.2, 0.25) is 0 Å². The molecule has 0 spiro atoms. The zero-order chi connectivity index (χ0) is 57.2. The maximum absolute atomic E-state index is 13.1. The van der Waals surface area contributed by atoms with Gasteiger partial charge in [0.1, 0.15) is 24.4 Å². The van der Waals surface area contributed by atoms with Crippen LogP contribution in [0.4, 0.5) is 0 Å². The second-order valence-corrected chi connectivity index (χ2v) is 24.3. The predicted octanol–water partition coefficient (Wildman–Crippen LogP) is 18.6. The highest BCUT2D eigenvalue weighted by atomic mass is 16.7. The number of allylic oxidation sites excluding steroid dienone is 5. The molecular weight excluding hydrogens is 983 g/mol. The second kappa shape index (κ2) is 59.6. The second-order valence-electron chi connectivity index (χ2n) is 24.3. The normalized spacial score (nSPS) is 18.7. The fourth-order valence-corrected chi connectivity index (χ4v) is 11.3. The van der Waals surface area contributed by atoms with Crippen molar-refractivity contribution < 1.29 is 39.8 Å². The average molecular weight is 1120 g/mol. The van der Waals surface area contributed by atoms with Crippen molar-refractivity contribution in [3.05, 3.63) is 36.5 Å². The van der Waals surface area contributed by atoms with E-state index in [0.29, 0.717) is 6.42 Å². The monoisotopic (exact) mass is 1120 g/mol. The zero-order valence-electron chi connectivity index (χ0n) is 52.2. The molecule has 7 unspecified atom stereocenters. The van der Waals surface area contributed by atoms with E-state index in [9.17, 15) is 30.3 Å². The van der Waals surface area contributed by atoms with Crippen LogP contribution in [0.3, 0.4) is 0 Å². The van der Waals surface area contributed by atoms with E-state index in [1.54, 1.807) is 6.08 Å². The Kier molecular flexibility index (Phi) is 56.9. The molecule has 0 saturated carbocycles. The smallest absolute Gasteiger partial charge is 0.220 e. The van der Waals surface area contributed by atoms with Crippen molar-refractivity contribution in [1.29, 1.82) is 0 Å². The first kappa shape index (κ1) is 75.4. The van der Waals surface area contributed by atoms with Gasteiger partial charge in [0.05, 0.1) is 25.4 Å². The van der Waals surface area contributed by atoms with Crippen molar-refractivity contribution >= 4 is 5.91 Å². The molecule has 9 nitrogen and oxygen atoms in total. The molecule has 0 aromatic carbocycles. The highest BCUT2D eigenvalue weighted by Crippen LogP contribution is 2.23. The van der Waals surface area contributed by atoms with Crippen LogP contribution < -0.4 is 5.32 Å². The molecule has 1 aliphatic rings. The van der Waals surface area contributed by atoms with Crippen LogP contribution in [0.1, 0.15) is 348 Å². The van der Waals surface area contributed by atoms with Crippen LogP contribution in [0.5, 0.6) is 0 Å². The summed E-state index contributed by atoms with van der Waals surface area (Å²) >= 11 is 0. The number of hydrogen-bond acceptors (Lipinski definition) is 8. The van der Waals surface area contributed by atoms with Gasteiger partial charge in [0.25, 0.3) is 0 Å². The summed E-state index contributed by atoms with van der Waals surface area (Å²) < 4.78 is 11.3. The standard InChI is InChI=1S/C70H133NO8/c1-3-5-7-9-11-13-15-17-19-21-23-25-27-29-31-32-33-34-35-37-39-41-43-45-47-49-51-53-55-57-59-64(73)63(62-78-70-69(77)68(76)67(75)65(61-72)79-70)71-66(74)60-58-56-54-52-50-48-46-44-42-40-38-36-30-28-26-24-22-20-18-16-14-12-10-8-6-4-2/h41,43,49,51,57,59,63-65,67-70,72-73,75-77H,3-40,42,44-48,50,52-56,58,60-62H2,1-2H3,(H,71,74)/b43-41+,51-49+,59-57+. The molecule has 0 aromatic rings. The van der Waals surface area contributed by atoms with E-state index in [1.165, 1.54) is 283 Å². The number of unbranched alkanes of at least 4 members (excludes halogenated alkanes) is 47. The number of hydrogen-bond donors (Lipinski definition) is 6. The van der Waals surface area contributed by atoms with Gasteiger partial charge in [-0.05, 0) is 44.9 Å². The summed E-state index contributed by atoms with van der Waals surface area (Å²) in [6.07, 6.45) is 72.6. The molecule has 0 radical (unpaired) electrons. The molecule has 0 aliphatic carbocycles. The molecule has 1 amide bonds. The summed E-state index contributed by atoms with van der Waals surface area (Å²) in [5, 5.41) is 54.7. The largest absolute Gasteiger partial charge is 0.394 e. The summed E-state index contributed by atoms with van der Waals surface area (Å²) in [5.74, 6) is -0.183. The van der Waals surface area contributed by atoms with Gasteiger partial charge in [0.2, 0.25) is 5.91 Å². The van der Waals surface area contributed by atoms with Gasteiger partial charge < -0.3 is 40.3 Å². The quantitative estimate of drug-likeness (QED) is 0.0261. The predicted molar refractivity (Wildman–Crippen MR) is 337 cm³/mol. The molecule has 6 N–H and O–H groups in total. The highest BCUT2D eigenvalue weighted by molar-refractivity contribution is 5.76. The average Bonchev–Trinajstić information content (AvgIpc) is 3.47. The molecule has 466 valence electrons. The van der Waals surface area contributed by atoms with Gasteiger partial charge in [-0.3, -0.25) is 4.79 Å². The Balaban J connectivity index is 2.16. The first-order valence-electron chi connectivity index (χ1n) is 34.7. The number of rotatable bonds is 61. The van der Waals surface area contributed by atoms with E-state index >= 15 is 0 Å². The van der Waals surface area contributed by atoms with Gasteiger partial charge in [-0.15, -0.1) is 0 Å². The van der Waals surface area contributed by atoms with E-state index in [1.807, 2.05) is 6.08 Å².